The molecule has 1 saturated heterocycles. The fourth-order valence-electron chi connectivity index (χ4n) is 3.85. The van der Waals surface area contributed by atoms with Crippen molar-refractivity contribution < 1.29 is 4.79 Å². The Morgan fingerprint density at radius 2 is 1.77 bits per heavy atom. The van der Waals surface area contributed by atoms with Gasteiger partial charge in [0.15, 0.2) is 0 Å². The summed E-state index contributed by atoms with van der Waals surface area (Å²) in [5, 5.41) is 6.52. The van der Waals surface area contributed by atoms with Gasteiger partial charge in [-0.3, -0.25) is 4.79 Å². The average Bonchev–Trinajstić information content (AvgIpc) is 2.79. The van der Waals surface area contributed by atoms with E-state index in [9.17, 15) is 4.79 Å². The normalized spacial score (nSPS) is 14.4. The van der Waals surface area contributed by atoms with Crippen LogP contribution in [0, 0.1) is 6.92 Å². The molecule has 0 bridgehead atoms. The second kappa shape index (κ2) is 9.39. The van der Waals surface area contributed by atoms with Crippen molar-refractivity contribution in [2.75, 3.05) is 30.3 Å². The summed E-state index contributed by atoms with van der Waals surface area (Å²) in [5.41, 5.74) is 3.43. The minimum absolute atomic E-state index is 0.156. The minimum Gasteiger partial charge on any atom is -0.376 e. The highest BCUT2D eigenvalue weighted by atomic mass is 16.2. The van der Waals surface area contributed by atoms with Crippen LogP contribution in [0.3, 0.4) is 0 Å². The Labute approximate surface area is 177 Å². The maximum absolute atomic E-state index is 12.6. The van der Waals surface area contributed by atoms with Gasteiger partial charge in [-0.05, 0) is 67.1 Å². The Morgan fingerprint density at radius 3 is 2.53 bits per heavy atom. The Kier molecular flexibility index (Phi) is 6.23. The molecule has 2 N–H and O–H groups in total. The summed E-state index contributed by atoms with van der Waals surface area (Å²) in [6.45, 7) is 3.95. The van der Waals surface area contributed by atoms with Crippen molar-refractivity contribution in [3.05, 3.63) is 78.1 Å². The minimum atomic E-state index is 0.156. The second-order valence-electron chi connectivity index (χ2n) is 7.64. The fraction of sp³-hybridized carbons (Fsp3) is 0.292. The van der Waals surface area contributed by atoms with Gasteiger partial charge >= 0.3 is 0 Å². The molecule has 0 spiro atoms. The molecule has 2 aromatic heterocycles. The lowest BCUT2D eigenvalue weighted by Gasteiger charge is -2.32. The third-order valence-corrected chi connectivity index (χ3v) is 5.60. The van der Waals surface area contributed by atoms with Crippen LogP contribution in [0.4, 0.5) is 17.3 Å². The van der Waals surface area contributed by atoms with Gasteiger partial charge in [0.2, 0.25) is 5.91 Å². The van der Waals surface area contributed by atoms with Crippen molar-refractivity contribution >= 4 is 23.2 Å². The maximum atomic E-state index is 12.6. The van der Waals surface area contributed by atoms with E-state index in [0.29, 0.717) is 12.5 Å². The van der Waals surface area contributed by atoms with Crippen LogP contribution in [0.5, 0.6) is 0 Å². The summed E-state index contributed by atoms with van der Waals surface area (Å²) in [5.74, 6) is 2.17. The van der Waals surface area contributed by atoms with Gasteiger partial charge in [0, 0.05) is 31.2 Å². The summed E-state index contributed by atoms with van der Waals surface area (Å²) in [4.78, 5) is 23.3. The summed E-state index contributed by atoms with van der Waals surface area (Å²) >= 11 is 0. The van der Waals surface area contributed by atoms with Crippen LogP contribution in [0.25, 0.3) is 0 Å². The Balaban J connectivity index is 1.30. The van der Waals surface area contributed by atoms with Gasteiger partial charge in [-0.1, -0.05) is 24.3 Å². The van der Waals surface area contributed by atoms with Crippen molar-refractivity contribution in [1.82, 2.24) is 14.9 Å². The van der Waals surface area contributed by atoms with Crippen LogP contribution in [-0.4, -0.2) is 40.4 Å². The van der Waals surface area contributed by atoms with E-state index in [0.717, 1.165) is 48.8 Å². The molecule has 4 rings (SSSR count). The van der Waals surface area contributed by atoms with Crippen LogP contribution >= 0.6 is 0 Å². The zero-order valence-corrected chi connectivity index (χ0v) is 17.2. The Hall–Kier alpha value is -3.41. The van der Waals surface area contributed by atoms with Gasteiger partial charge in [-0.2, -0.15) is 0 Å². The topological polar surface area (TPSA) is 70.2 Å². The molecule has 0 saturated carbocycles. The van der Waals surface area contributed by atoms with E-state index in [1.165, 1.54) is 5.56 Å². The highest BCUT2D eigenvalue weighted by Gasteiger charge is 2.24. The molecule has 0 atom stereocenters. The van der Waals surface area contributed by atoms with Gasteiger partial charge in [0.05, 0.1) is 6.54 Å². The largest absolute Gasteiger partial charge is 0.376 e. The number of carbonyl (C=O) groups excluding carboxylic acids is 1. The number of amides is 1. The molecule has 1 aromatic carbocycles. The molecular formula is C24H27N5O. The summed E-state index contributed by atoms with van der Waals surface area (Å²) in [6.07, 6.45) is 5.52. The number of nitrogens with zero attached hydrogens (tertiary/aromatic N) is 3. The van der Waals surface area contributed by atoms with E-state index in [-0.39, 0.29) is 5.91 Å². The molecule has 1 aliphatic rings. The third-order valence-electron chi connectivity index (χ3n) is 5.60. The standard InChI is InChI=1S/C24H27N5O/c1-18-6-2-3-7-21(18)27-17-24(30)29-14-10-19(11-15-29)20-9-13-26-23(16-20)28-22-8-4-5-12-25-22/h2-9,12-13,16,19,27H,10-11,14-15,17H2,1H3,(H,25,26,28). The van der Waals surface area contributed by atoms with Gasteiger partial charge in [-0.15, -0.1) is 0 Å². The van der Waals surface area contributed by atoms with E-state index < -0.39 is 0 Å². The predicted molar refractivity (Wildman–Crippen MR) is 120 cm³/mol. The maximum Gasteiger partial charge on any atom is 0.241 e. The molecule has 0 unspecified atom stereocenters. The van der Waals surface area contributed by atoms with Crippen molar-refractivity contribution in [1.29, 1.82) is 0 Å². The summed E-state index contributed by atoms with van der Waals surface area (Å²) in [6, 6.07) is 18.0. The molecule has 6 heteroatoms. The number of piperidine rings is 1. The second-order valence-corrected chi connectivity index (χ2v) is 7.64. The number of rotatable bonds is 6. The van der Waals surface area contributed by atoms with Crippen molar-refractivity contribution in [3.63, 3.8) is 0 Å². The number of likely N-dealkylation sites (tertiary alicyclic amines) is 1. The van der Waals surface area contributed by atoms with Crippen molar-refractivity contribution in [2.24, 2.45) is 0 Å². The third kappa shape index (κ3) is 4.95. The van der Waals surface area contributed by atoms with Crippen molar-refractivity contribution in [2.45, 2.75) is 25.7 Å². The lowest BCUT2D eigenvalue weighted by molar-refractivity contribution is -0.130. The number of hydrogen-bond donors (Lipinski definition) is 2. The number of pyridine rings is 2. The molecule has 154 valence electrons. The average molecular weight is 402 g/mol. The molecule has 3 aromatic rings. The number of aromatic nitrogens is 2. The first-order chi connectivity index (χ1) is 14.7. The van der Waals surface area contributed by atoms with Gasteiger partial charge in [0.1, 0.15) is 11.6 Å². The number of benzene rings is 1. The molecule has 0 aliphatic carbocycles. The van der Waals surface area contributed by atoms with Crippen molar-refractivity contribution in [3.8, 4) is 0 Å². The van der Waals surface area contributed by atoms with Crippen LogP contribution in [0.15, 0.2) is 67.0 Å². The highest BCUT2D eigenvalue weighted by Crippen LogP contribution is 2.29. The summed E-state index contributed by atoms with van der Waals surface area (Å²) < 4.78 is 0. The molecule has 1 fully saturated rings. The number of nitrogens with one attached hydrogen (secondary N) is 2. The number of aryl methyl sites for hydroxylation is 1. The fourth-order valence-corrected chi connectivity index (χ4v) is 3.85. The van der Waals surface area contributed by atoms with E-state index in [4.69, 9.17) is 0 Å². The van der Waals surface area contributed by atoms with Gasteiger partial charge in [0.25, 0.3) is 0 Å². The van der Waals surface area contributed by atoms with E-state index >= 15 is 0 Å². The van der Waals surface area contributed by atoms with Crippen LogP contribution < -0.4 is 10.6 Å². The molecule has 1 amide bonds. The lowest BCUT2D eigenvalue weighted by atomic mass is 9.90. The molecule has 3 heterocycles. The van der Waals surface area contributed by atoms with E-state index in [2.05, 4.69) is 32.7 Å². The lowest BCUT2D eigenvalue weighted by Crippen LogP contribution is -2.41. The molecule has 30 heavy (non-hydrogen) atoms. The first kappa shape index (κ1) is 19.9. The molecule has 0 radical (unpaired) electrons. The van der Waals surface area contributed by atoms with Gasteiger partial charge < -0.3 is 15.5 Å². The van der Waals surface area contributed by atoms with Crippen LogP contribution in [0.1, 0.15) is 29.9 Å². The van der Waals surface area contributed by atoms with E-state index in [1.807, 2.05) is 60.5 Å². The van der Waals surface area contributed by atoms with E-state index in [1.54, 1.807) is 6.20 Å². The zero-order valence-electron chi connectivity index (χ0n) is 17.2. The van der Waals surface area contributed by atoms with Gasteiger partial charge in [-0.25, -0.2) is 9.97 Å². The monoisotopic (exact) mass is 401 g/mol. The molecular weight excluding hydrogens is 374 g/mol. The first-order valence-corrected chi connectivity index (χ1v) is 10.4. The zero-order chi connectivity index (χ0) is 20.8. The number of carbonyl (C=O) groups is 1. The quantitative estimate of drug-likeness (QED) is 0.643. The molecule has 6 nitrogen and oxygen atoms in total. The summed E-state index contributed by atoms with van der Waals surface area (Å²) in [7, 11) is 0. The SMILES string of the molecule is Cc1ccccc1NCC(=O)N1CCC(c2ccnc(Nc3ccccn3)c2)CC1. The first-order valence-electron chi connectivity index (χ1n) is 10.4. The highest BCUT2D eigenvalue weighted by molar-refractivity contribution is 5.81. The number of para-hydroxylation sites is 1. The van der Waals surface area contributed by atoms with Crippen LogP contribution in [0.2, 0.25) is 0 Å². The smallest absolute Gasteiger partial charge is 0.241 e. The number of anilines is 3. The predicted octanol–water partition coefficient (Wildman–Crippen LogP) is 4.35. The Morgan fingerprint density at radius 1 is 1.00 bits per heavy atom. The van der Waals surface area contributed by atoms with Crippen LogP contribution in [-0.2, 0) is 4.79 Å². The number of hydrogen-bond acceptors (Lipinski definition) is 5. The Bertz CT molecular complexity index is 984. The molecule has 1 aliphatic heterocycles.